The quantitative estimate of drug-likeness (QED) is 0.913. The van der Waals surface area contributed by atoms with Crippen molar-refractivity contribution in [2.24, 2.45) is 0 Å². The molecule has 0 aliphatic heterocycles. The number of hydrogen-bond acceptors (Lipinski definition) is 3. The van der Waals surface area contributed by atoms with Gasteiger partial charge in [0.05, 0.1) is 6.10 Å². The number of aliphatic hydroxyl groups is 1. The molecule has 1 N–H and O–H groups in total. The fraction of sp³-hybridized carbons (Fsp3) is 0.312. The van der Waals surface area contributed by atoms with Crippen molar-refractivity contribution in [3.05, 3.63) is 59.9 Å². The summed E-state index contributed by atoms with van der Waals surface area (Å²) in [5.74, 6) is 0.823. The Morgan fingerprint density at radius 1 is 1.21 bits per heavy atom. The van der Waals surface area contributed by atoms with Crippen molar-refractivity contribution >= 4 is 0 Å². The maximum atomic E-state index is 10.7. The van der Waals surface area contributed by atoms with Crippen LogP contribution in [0.3, 0.4) is 0 Å². The van der Waals surface area contributed by atoms with E-state index in [-0.39, 0.29) is 0 Å². The third-order valence-electron chi connectivity index (χ3n) is 3.45. The van der Waals surface area contributed by atoms with E-state index < -0.39 is 5.60 Å². The average molecular weight is 255 g/mol. The molecule has 3 nitrogen and oxygen atoms in total. The number of hydrogen-bond donors (Lipinski definition) is 1. The van der Waals surface area contributed by atoms with Crippen LogP contribution in [-0.2, 0) is 5.60 Å². The summed E-state index contributed by atoms with van der Waals surface area (Å²) in [5, 5.41) is 10.7. The number of rotatable bonds is 4. The van der Waals surface area contributed by atoms with Crippen molar-refractivity contribution in [1.82, 2.24) is 4.98 Å². The molecule has 3 heteroatoms. The Morgan fingerprint density at radius 2 is 2.00 bits per heavy atom. The minimum Gasteiger partial charge on any atom is -0.490 e. The molecule has 3 rings (SSSR count). The minimum atomic E-state index is -1.06. The Morgan fingerprint density at radius 3 is 2.68 bits per heavy atom. The predicted molar refractivity (Wildman–Crippen MR) is 73.0 cm³/mol. The smallest absolute Gasteiger partial charge is 0.120 e. The fourth-order valence-corrected chi connectivity index (χ4v) is 2.07. The second kappa shape index (κ2) is 4.67. The lowest BCUT2D eigenvalue weighted by Crippen LogP contribution is -2.22. The normalized spacial score (nSPS) is 17.8. The highest BCUT2D eigenvalue weighted by molar-refractivity contribution is 5.38. The second-order valence-electron chi connectivity index (χ2n) is 5.16. The summed E-state index contributed by atoms with van der Waals surface area (Å²) < 4.78 is 5.77. The van der Waals surface area contributed by atoms with E-state index in [9.17, 15) is 5.11 Å². The average Bonchev–Trinajstić information content (AvgIpc) is 3.24. The highest BCUT2D eigenvalue weighted by Crippen LogP contribution is 2.32. The first-order chi connectivity index (χ1) is 9.16. The number of nitrogens with zero attached hydrogens (tertiary/aromatic N) is 1. The summed E-state index contributed by atoms with van der Waals surface area (Å²) in [4.78, 5) is 4.07. The third kappa shape index (κ3) is 2.61. The Hall–Kier alpha value is -1.87. The van der Waals surface area contributed by atoms with Crippen LogP contribution in [0.1, 0.15) is 30.9 Å². The van der Waals surface area contributed by atoms with Crippen molar-refractivity contribution in [3.8, 4) is 5.75 Å². The highest BCUT2D eigenvalue weighted by atomic mass is 16.5. The molecule has 98 valence electrons. The van der Waals surface area contributed by atoms with Gasteiger partial charge in [0.15, 0.2) is 0 Å². The van der Waals surface area contributed by atoms with E-state index in [2.05, 4.69) is 4.98 Å². The number of pyridine rings is 1. The van der Waals surface area contributed by atoms with Gasteiger partial charge in [-0.2, -0.15) is 0 Å². The molecule has 1 aliphatic rings. The highest BCUT2D eigenvalue weighted by Gasteiger charge is 2.27. The zero-order chi connectivity index (χ0) is 13.3. The monoisotopic (exact) mass is 255 g/mol. The van der Waals surface area contributed by atoms with Crippen LogP contribution in [-0.4, -0.2) is 16.2 Å². The molecule has 19 heavy (non-hydrogen) atoms. The standard InChI is InChI=1S/C16H17NO2/c1-16(18,13-5-3-9-17-11-13)12-4-2-6-15(10-12)19-14-7-8-14/h2-6,9-11,14,18H,7-8H2,1H3. The summed E-state index contributed by atoms with van der Waals surface area (Å²) in [6, 6.07) is 11.4. The molecule has 1 fully saturated rings. The van der Waals surface area contributed by atoms with Gasteiger partial charge < -0.3 is 9.84 Å². The Labute approximate surface area is 112 Å². The van der Waals surface area contributed by atoms with Gasteiger partial charge in [0.1, 0.15) is 11.4 Å². The molecule has 1 saturated carbocycles. The fourth-order valence-electron chi connectivity index (χ4n) is 2.07. The van der Waals surface area contributed by atoms with Gasteiger partial charge in [-0.3, -0.25) is 4.98 Å². The summed E-state index contributed by atoms with van der Waals surface area (Å²) in [5.41, 5.74) is 0.536. The molecule has 1 aliphatic carbocycles. The van der Waals surface area contributed by atoms with Gasteiger partial charge in [-0.05, 0) is 43.5 Å². The molecule has 1 unspecified atom stereocenters. The van der Waals surface area contributed by atoms with Gasteiger partial charge in [0.25, 0.3) is 0 Å². The first kappa shape index (κ1) is 12.2. The van der Waals surface area contributed by atoms with E-state index in [0.717, 1.165) is 29.7 Å². The van der Waals surface area contributed by atoms with E-state index >= 15 is 0 Å². The van der Waals surface area contributed by atoms with Crippen LogP contribution in [0, 0.1) is 0 Å². The number of ether oxygens (including phenoxy) is 1. The first-order valence-corrected chi connectivity index (χ1v) is 6.56. The van der Waals surface area contributed by atoms with Crippen LogP contribution in [0.4, 0.5) is 0 Å². The lowest BCUT2D eigenvalue weighted by atomic mass is 9.89. The minimum absolute atomic E-state index is 0.360. The third-order valence-corrected chi connectivity index (χ3v) is 3.45. The molecule has 0 amide bonds. The molecule has 2 aromatic rings. The van der Waals surface area contributed by atoms with Crippen molar-refractivity contribution in [2.75, 3.05) is 0 Å². The van der Waals surface area contributed by atoms with E-state index in [1.807, 2.05) is 36.4 Å². The molecule has 0 radical (unpaired) electrons. The summed E-state index contributed by atoms with van der Waals surface area (Å²) in [6.45, 7) is 1.78. The van der Waals surface area contributed by atoms with Gasteiger partial charge in [-0.25, -0.2) is 0 Å². The lowest BCUT2D eigenvalue weighted by Gasteiger charge is -2.24. The Kier molecular flexibility index (Phi) is 2.99. The number of benzene rings is 1. The van der Waals surface area contributed by atoms with Crippen molar-refractivity contribution in [3.63, 3.8) is 0 Å². The zero-order valence-corrected chi connectivity index (χ0v) is 10.9. The molecule has 1 aromatic heterocycles. The summed E-state index contributed by atoms with van der Waals surface area (Å²) >= 11 is 0. The van der Waals surface area contributed by atoms with E-state index in [1.54, 1.807) is 19.3 Å². The van der Waals surface area contributed by atoms with Crippen LogP contribution < -0.4 is 4.74 Å². The van der Waals surface area contributed by atoms with Crippen LogP contribution in [0.15, 0.2) is 48.8 Å². The van der Waals surface area contributed by atoms with E-state index in [1.165, 1.54) is 0 Å². The lowest BCUT2D eigenvalue weighted by molar-refractivity contribution is 0.101. The van der Waals surface area contributed by atoms with Gasteiger partial charge >= 0.3 is 0 Å². The van der Waals surface area contributed by atoms with E-state index in [0.29, 0.717) is 6.10 Å². The van der Waals surface area contributed by atoms with Crippen molar-refractivity contribution in [1.29, 1.82) is 0 Å². The number of aromatic nitrogens is 1. The van der Waals surface area contributed by atoms with Crippen LogP contribution in [0.5, 0.6) is 5.75 Å². The molecular formula is C16H17NO2. The van der Waals surface area contributed by atoms with Gasteiger partial charge in [0, 0.05) is 18.0 Å². The largest absolute Gasteiger partial charge is 0.490 e. The van der Waals surface area contributed by atoms with E-state index in [4.69, 9.17) is 4.74 Å². The molecular weight excluding hydrogens is 238 g/mol. The molecule has 1 aromatic carbocycles. The topological polar surface area (TPSA) is 42.4 Å². The van der Waals surface area contributed by atoms with Crippen LogP contribution in [0.25, 0.3) is 0 Å². The summed E-state index contributed by atoms with van der Waals surface area (Å²) in [6.07, 6.45) is 6.01. The second-order valence-corrected chi connectivity index (χ2v) is 5.16. The van der Waals surface area contributed by atoms with Gasteiger partial charge in [0.2, 0.25) is 0 Å². The Bertz CT molecular complexity index is 562. The molecule has 1 atom stereocenters. The SMILES string of the molecule is CC(O)(c1cccnc1)c1cccc(OC2CC2)c1. The molecule has 0 bridgehead atoms. The zero-order valence-electron chi connectivity index (χ0n) is 10.9. The summed E-state index contributed by atoms with van der Waals surface area (Å²) in [7, 11) is 0. The van der Waals surface area contributed by atoms with Crippen LogP contribution >= 0.6 is 0 Å². The molecule has 0 spiro atoms. The first-order valence-electron chi connectivity index (χ1n) is 6.56. The van der Waals surface area contributed by atoms with Gasteiger partial charge in [-0.1, -0.05) is 18.2 Å². The van der Waals surface area contributed by atoms with Gasteiger partial charge in [-0.15, -0.1) is 0 Å². The predicted octanol–water partition coefficient (Wildman–Crippen LogP) is 2.88. The Balaban J connectivity index is 1.91. The maximum absolute atomic E-state index is 10.7. The van der Waals surface area contributed by atoms with Crippen molar-refractivity contribution < 1.29 is 9.84 Å². The molecule has 0 saturated heterocycles. The molecule has 1 heterocycles. The maximum Gasteiger partial charge on any atom is 0.120 e. The van der Waals surface area contributed by atoms with Crippen molar-refractivity contribution in [2.45, 2.75) is 31.5 Å². The van der Waals surface area contributed by atoms with Crippen LogP contribution in [0.2, 0.25) is 0 Å².